The Morgan fingerprint density at radius 3 is 2.76 bits per heavy atom. The van der Waals surface area contributed by atoms with E-state index < -0.39 is 0 Å². The Balaban J connectivity index is 1.87. The van der Waals surface area contributed by atoms with Gasteiger partial charge in [-0.25, -0.2) is 0 Å². The predicted molar refractivity (Wildman–Crippen MR) is 88.8 cm³/mol. The molecule has 3 heteroatoms. The van der Waals surface area contributed by atoms with Crippen molar-refractivity contribution in [1.29, 1.82) is 0 Å². The van der Waals surface area contributed by atoms with E-state index in [1.807, 2.05) is 0 Å². The molecule has 0 aliphatic carbocycles. The van der Waals surface area contributed by atoms with E-state index in [4.69, 9.17) is 4.74 Å². The maximum absolute atomic E-state index is 5.73. The lowest BCUT2D eigenvalue weighted by molar-refractivity contribution is 0.207. The molecule has 3 nitrogen and oxygen atoms in total. The van der Waals surface area contributed by atoms with Crippen molar-refractivity contribution in [3.05, 3.63) is 29.8 Å². The van der Waals surface area contributed by atoms with Gasteiger partial charge in [-0.2, -0.15) is 0 Å². The fraction of sp³-hybridized carbons (Fsp3) is 0.667. The van der Waals surface area contributed by atoms with Crippen LogP contribution >= 0.6 is 0 Å². The standard InChI is InChI=1S/C18H30N2O/c1-3-12-21-18-7-5-6-17(13-18)15-20(4-2)14-16-8-10-19-11-9-16/h5-7,13,16,19H,3-4,8-12,14-15H2,1-2H3. The van der Waals surface area contributed by atoms with E-state index in [-0.39, 0.29) is 0 Å². The Morgan fingerprint density at radius 2 is 2.05 bits per heavy atom. The molecule has 0 saturated carbocycles. The molecule has 0 atom stereocenters. The van der Waals surface area contributed by atoms with Crippen molar-refractivity contribution in [2.24, 2.45) is 5.92 Å². The van der Waals surface area contributed by atoms with E-state index in [1.54, 1.807) is 0 Å². The molecule has 1 saturated heterocycles. The first-order valence-corrected chi connectivity index (χ1v) is 8.46. The minimum atomic E-state index is 0.802. The third-order valence-electron chi connectivity index (χ3n) is 4.20. The first-order valence-electron chi connectivity index (χ1n) is 8.46. The van der Waals surface area contributed by atoms with Crippen LogP contribution in [0.2, 0.25) is 0 Å². The van der Waals surface area contributed by atoms with Crippen LogP contribution in [-0.2, 0) is 6.54 Å². The van der Waals surface area contributed by atoms with E-state index >= 15 is 0 Å². The van der Waals surface area contributed by atoms with Gasteiger partial charge in [0, 0.05) is 13.1 Å². The maximum atomic E-state index is 5.73. The molecule has 0 aromatic heterocycles. The zero-order chi connectivity index (χ0) is 14.9. The highest BCUT2D eigenvalue weighted by Crippen LogP contribution is 2.18. The lowest BCUT2D eigenvalue weighted by atomic mass is 9.97. The molecule has 1 N–H and O–H groups in total. The normalized spacial score (nSPS) is 16.3. The van der Waals surface area contributed by atoms with Gasteiger partial charge in [0.05, 0.1) is 6.61 Å². The second-order valence-electron chi connectivity index (χ2n) is 6.02. The fourth-order valence-electron chi connectivity index (χ4n) is 2.95. The van der Waals surface area contributed by atoms with Crippen LogP contribution in [0.1, 0.15) is 38.7 Å². The predicted octanol–water partition coefficient (Wildman–Crippen LogP) is 3.30. The van der Waals surface area contributed by atoms with Gasteiger partial charge in [0.1, 0.15) is 5.75 Å². The maximum Gasteiger partial charge on any atom is 0.119 e. The number of piperidine rings is 1. The molecule has 0 unspecified atom stereocenters. The molecule has 2 rings (SSSR count). The summed E-state index contributed by atoms with van der Waals surface area (Å²) in [7, 11) is 0. The monoisotopic (exact) mass is 290 g/mol. The summed E-state index contributed by atoms with van der Waals surface area (Å²) in [5.74, 6) is 1.86. The molecule has 0 bridgehead atoms. The summed E-state index contributed by atoms with van der Waals surface area (Å²) in [6.07, 6.45) is 3.69. The van der Waals surface area contributed by atoms with Gasteiger partial charge in [0.15, 0.2) is 0 Å². The minimum Gasteiger partial charge on any atom is -0.494 e. The van der Waals surface area contributed by atoms with E-state index in [9.17, 15) is 0 Å². The topological polar surface area (TPSA) is 24.5 Å². The SMILES string of the molecule is CCCOc1cccc(CN(CC)CC2CCNCC2)c1. The van der Waals surface area contributed by atoms with Gasteiger partial charge < -0.3 is 10.1 Å². The van der Waals surface area contributed by atoms with Gasteiger partial charge in [-0.05, 0) is 62.5 Å². The average molecular weight is 290 g/mol. The van der Waals surface area contributed by atoms with Gasteiger partial charge in [0.2, 0.25) is 0 Å². The van der Waals surface area contributed by atoms with Crippen LogP contribution in [0.25, 0.3) is 0 Å². The van der Waals surface area contributed by atoms with Crippen molar-refractivity contribution in [1.82, 2.24) is 10.2 Å². The molecule has 0 amide bonds. The molecule has 1 fully saturated rings. The summed E-state index contributed by atoms with van der Waals surface area (Å²) in [5.41, 5.74) is 1.36. The highest BCUT2D eigenvalue weighted by molar-refractivity contribution is 5.28. The zero-order valence-electron chi connectivity index (χ0n) is 13.6. The number of hydrogen-bond donors (Lipinski definition) is 1. The smallest absolute Gasteiger partial charge is 0.119 e. The van der Waals surface area contributed by atoms with Crippen LogP contribution in [0.5, 0.6) is 5.75 Å². The number of benzene rings is 1. The van der Waals surface area contributed by atoms with Gasteiger partial charge in [-0.3, -0.25) is 4.90 Å². The van der Waals surface area contributed by atoms with Crippen molar-refractivity contribution in [2.75, 3.05) is 32.8 Å². The number of ether oxygens (including phenoxy) is 1. The number of nitrogens with zero attached hydrogens (tertiary/aromatic N) is 1. The van der Waals surface area contributed by atoms with Crippen LogP contribution in [0, 0.1) is 5.92 Å². The molecule has 1 aliphatic rings. The number of rotatable bonds is 8. The summed E-state index contributed by atoms with van der Waals surface area (Å²) in [5, 5.41) is 3.45. The van der Waals surface area contributed by atoms with Crippen molar-refractivity contribution < 1.29 is 4.74 Å². The van der Waals surface area contributed by atoms with Crippen LogP contribution < -0.4 is 10.1 Å². The van der Waals surface area contributed by atoms with Crippen molar-refractivity contribution in [3.63, 3.8) is 0 Å². The zero-order valence-corrected chi connectivity index (χ0v) is 13.6. The van der Waals surface area contributed by atoms with E-state index in [0.717, 1.165) is 37.8 Å². The molecule has 1 aromatic rings. The van der Waals surface area contributed by atoms with Gasteiger partial charge in [0.25, 0.3) is 0 Å². The Labute approximate surface area is 129 Å². The second-order valence-corrected chi connectivity index (χ2v) is 6.02. The summed E-state index contributed by atoms with van der Waals surface area (Å²) in [6, 6.07) is 8.57. The Hall–Kier alpha value is -1.06. The summed E-state index contributed by atoms with van der Waals surface area (Å²) in [6.45, 7) is 10.9. The lowest BCUT2D eigenvalue weighted by Crippen LogP contribution is -2.35. The largest absolute Gasteiger partial charge is 0.494 e. The molecule has 118 valence electrons. The molecule has 0 spiro atoms. The summed E-state index contributed by atoms with van der Waals surface area (Å²) in [4.78, 5) is 2.56. The summed E-state index contributed by atoms with van der Waals surface area (Å²) >= 11 is 0. The number of hydrogen-bond acceptors (Lipinski definition) is 3. The van der Waals surface area contributed by atoms with Crippen LogP contribution in [0.15, 0.2) is 24.3 Å². The second kappa shape index (κ2) is 9.06. The van der Waals surface area contributed by atoms with Crippen LogP contribution in [0.4, 0.5) is 0 Å². The van der Waals surface area contributed by atoms with E-state index in [2.05, 4.69) is 48.3 Å². The van der Waals surface area contributed by atoms with Crippen LogP contribution in [0.3, 0.4) is 0 Å². The Morgan fingerprint density at radius 1 is 1.24 bits per heavy atom. The quantitative estimate of drug-likeness (QED) is 0.795. The van der Waals surface area contributed by atoms with Gasteiger partial charge >= 0.3 is 0 Å². The summed E-state index contributed by atoms with van der Waals surface area (Å²) < 4.78 is 5.73. The molecular weight excluding hydrogens is 260 g/mol. The van der Waals surface area contributed by atoms with Crippen molar-refractivity contribution in [2.45, 2.75) is 39.7 Å². The molecule has 1 aromatic carbocycles. The molecule has 0 radical (unpaired) electrons. The van der Waals surface area contributed by atoms with Gasteiger partial charge in [-0.15, -0.1) is 0 Å². The van der Waals surface area contributed by atoms with Crippen LogP contribution in [-0.4, -0.2) is 37.7 Å². The third-order valence-corrected chi connectivity index (χ3v) is 4.20. The first-order chi connectivity index (χ1) is 10.3. The van der Waals surface area contributed by atoms with Gasteiger partial charge in [-0.1, -0.05) is 26.0 Å². The molecule has 21 heavy (non-hydrogen) atoms. The lowest BCUT2D eigenvalue weighted by Gasteiger charge is -2.29. The van der Waals surface area contributed by atoms with E-state index in [0.29, 0.717) is 0 Å². The van der Waals surface area contributed by atoms with Crippen molar-refractivity contribution >= 4 is 0 Å². The molecular formula is C18H30N2O. The Kier molecular flexibility index (Phi) is 7.04. The number of nitrogens with one attached hydrogen (secondary N) is 1. The third kappa shape index (κ3) is 5.68. The Bertz CT molecular complexity index is 402. The van der Waals surface area contributed by atoms with Crippen molar-refractivity contribution in [3.8, 4) is 5.75 Å². The fourth-order valence-corrected chi connectivity index (χ4v) is 2.95. The highest BCUT2D eigenvalue weighted by Gasteiger charge is 2.16. The first kappa shape index (κ1) is 16.3. The molecule has 1 heterocycles. The molecule has 1 aliphatic heterocycles. The average Bonchev–Trinajstić information content (AvgIpc) is 2.53. The van der Waals surface area contributed by atoms with E-state index in [1.165, 1.54) is 38.0 Å². The highest BCUT2D eigenvalue weighted by atomic mass is 16.5. The minimum absolute atomic E-state index is 0.802.